The van der Waals surface area contributed by atoms with Gasteiger partial charge in [-0.15, -0.1) is 0 Å². The molecule has 0 spiro atoms. The Bertz CT molecular complexity index is 1030. The van der Waals surface area contributed by atoms with Gasteiger partial charge in [-0.05, 0) is 18.2 Å². The minimum Gasteiger partial charge on any atom is -0.345 e. The molecule has 0 aliphatic heterocycles. The molecule has 7 nitrogen and oxygen atoms in total. The van der Waals surface area contributed by atoms with Gasteiger partial charge in [-0.25, -0.2) is 4.98 Å². The van der Waals surface area contributed by atoms with Crippen molar-refractivity contribution in [1.29, 1.82) is 0 Å². The third-order valence-corrected chi connectivity index (χ3v) is 4.02. The van der Waals surface area contributed by atoms with Crippen LogP contribution in [0.3, 0.4) is 0 Å². The fourth-order valence-corrected chi connectivity index (χ4v) is 2.73. The number of fused-ring (bicyclic) bond motifs is 1. The fourth-order valence-electron chi connectivity index (χ4n) is 2.73. The fraction of sp³-hybridized carbons (Fsp3) is 0.111. The molecule has 7 heteroatoms. The second kappa shape index (κ2) is 6.20. The first-order valence-electron chi connectivity index (χ1n) is 7.88. The van der Waals surface area contributed by atoms with E-state index in [1.54, 1.807) is 24.0 Å². The lowest BCUT2D eigenvalue weighted by atomic mass is 10.1. The van der Waals surface area contributed by atoms with Crippen molar-refractivity contribution in [2.75, 3.05) is 0 Å². The molecule has 0 saturated heterocycles. The first kappa shape index (κ1) is 15.1. The van der Waals surface area contributed by atoms with E-state index < -0.39 is 0 Å². The van der Waals surface area contributed by atoms with Crippen LogP contribution in [0.4, 0.5) is 0 Å². The quantitative estimate of drug-likeness (QED) is 0.600. The van der Waals surface area contributed by atoms with Crippen molar-refractivity contribution in [2.24, 2.45) is 7.05 Å². The predicted molar refractivity (Wildman–Crippen MR) is 93.7 cm³/mol. The summed E-state index contributed by atoms with van der Waals surface area (Å²) in [6.07, 6.45) is 1.69. The maximum Gasteiger partial charge on any atom is 0.269 e. The highest BCUT2D eigenvalue weighted by atomic mass is 16.2. The van der Waals surface area contributed by atoms with Gasteiger partial charge < -0.3 is 5.32 Å². The highest BCUT2D eigenvalue weighted by Gasteiger charge is 2.15. The largest absolute Gasteiger partial charge is 0.345 e. The van der Waals surface area contributed by atoms with Crippen LogP contribution in [0.25, 0.3) is 22.3 Å². The molecule has 1 amide bonds. The van der Waals surface area contributed by atoms with Crippen molar-refractivity contribution < 1.29 is 4.79 Å². The molecule has 0 bridgehead atoms. The molecule has 0 fully saturated rings. The van der Waals surface area contributed by atoms with E-state index in [1.165, 1.54) is 0 Å². The van der Waals surface area contributed by atoms with E-state index in [1.807, 2.05) is 42.5 Å². The average molecular weight is 332 g/mol. The SMILES string of the molecule is Cn1nc(-c2ccccc2)cc1C(=O)NCc1[nH]nc2ncccc12. The highest BCUT2D eigenvalue weighted by Crippen LogP contribution is 2.18. The molecular weight excluding hydrogens is 316 g/mol. The van der Waals surface area contributed by atoms with Crippen LogP contribution in [-0.4, -0.2) is 30.9 Å². The number of carbonyl (C=O) groups excluding carboxylic acids is 1. The summed E-state index contributed by atoms with van der Waals surface area (Å²) in [5.41, 5.74) is 3.70. The Kier molecular flexibility index (Phi) is 3.74. The summed E-state index contributed by atoms with van der Waals surface area (Å²) < 4.78 is 1.59. The molecule has 4 aromatic rings. The number of aromatic nitrogens is 5. The van der Waals surface area contributed by atoms with E-state index in [9.17, 15) is 4.79 Å². The zero-order valence-corrected chi connectivity index (χ0v) is 13.6. The minimum atomic E-state index is -0.191. The van der Waals surface area contributed by atoms with E-state index in [2.05, 4.69) is 25.6 Å². The van der Waals surface area contributed by atoms with Gasteiger partial charge in [0, 0.05) is 24.2 Å². The lowest BCUT2D eigenvalue weighted by Gasteiger charge is -2.04. The summed E-state index contributed by atoms with van der Waals surface area (Å²) in [5.74, 6) is -0.191. The summed E-state index contributed by atoms with van der Waals surface area (Å²) in [6.45, 7) is 0.340. The number of nitrogens with zero attached hydrogens (tertiary/aromatic N) is 4. The van der Waals surface area contributed by atoms with Crippen LogP contribution in [0, 0.1) is 0 Å². The number of rotatable bonds is 4. The lowest BCUT2D eigenvalue weighted by Crippen LogP contribution is -2.25. The highest BCUT2D eigenvalue weighted by molar-refractivity contribution is 5.93. The Hall–Kier alpha value is -3.48. The molecule has 0 aliphatic carbocycles. The van der Waals surface area contributed by atoms with Gasteiger partial charge in [0.15, 0.2) is 5.65 Å². The zero-order valence-electron chi connectivity index (χ0n) is 13.6. The number of amides is 1. The van der Waals surface area contributed by atoms with Gasteiger partial charge in [-0.2, -0.15) is 10.2 Å². The van der Waals surface area contributed by atoms with Gasteiger partial charge in [0.25, 0.3) is 5.91 Å². The molecule has 0 atom stereocenters. The number of benzene rings is 1. The van der Waals surface area contributed by atoms with Gasteiger partial charge in [-0.1, -0.05) is 30.3 Å². The normalized spacial score (nSPS) is 10.9. The van der Waals surface area contributed by atoms with Gasteiger partial charge in [-0.3, -0.25) is 14.6 Å². The Labute approximate surface area is 143 Å². The topological polar surface area (TPSA) is 88.5 Å². The van der Waals surface area contributed by atoms with E-state index >= 15 is 0 Å². The molecule has 0 aliphatic rings. The molecule has 1 aromatic carbocycles. The van der Waals surface area contributed by atoms with Gasteiger partial charge in [0.1, 0.15) is 5.69 Å². The van der Waals surface area contributed by atoms with Crippen LogP contribution >= 0.6 is 0 Å². The summed E-state index contributed by atoms with van der Waals surface area (Å²) >= 11 is 0. The van der Waals surface area contributed by atoms with Crippen molar-refractivity contribution in [3.63, 3.8) is 0 Å². The molecule has 2 N–H and O–H groups in total. The molecule has 3 aromatic heterocycles. The monoisotopic (exact) mass is 332 g/mol. The van der Waals surface area contributed by atoms with Crippen LogP contribution in [0.15, 0.2) is 54.7 Å². The third-order valence-electron chi connectivity index (χ3n) is 4.02. The molecule has 0 unspecified atom stereocenters. The van der Waals surface area contributed by atoms with E-state index in [0.29, 0.717) is 17.9 Å². The number of hydrogen-bond acceptors (Lipinski definition) is 4. The maximum absolute atomic E-state index is 12.5. The minimum absolute atomic E-state index is 0.191. The Morgan fingerprint density at radius 2 is 2.04 bits per heavy atom. The summed E-state index contributed by atoms with van der Waals surface area (Å²) in [6, 6.07) is 15.3. The van der Waals surface area contributed by atoms with Crippen LogP contribution < -0.4 is 5.32 Å². The van der Waals surface area contributed by atoms with Crippen molar-refractivity contribution >= 4 is 16.9 Å². The Morgan fingerprint density at radius 3 is 2.88 bits per heavy atom. The van der Waals surface area contributed by atoms with E-state index in [-0.39, 0.29) is 5.91 Å². The number of nitrogens with one attached hydrogen (secondary N) is 2. The Morgan fingerprint density at radius 1 is 1.20 bits per heavy atom. The second-order valence-corrected chi connectivity index (χ2v) is 5.66. The van der Waals surface area contributed by atoms with Crippen molar-refractivity contribution in [2.45, 2.75) is 6.54 Å². The molecule has 0 saturated carbocycles. The van der Waals surface area contributed by atoms with E-state index in [0.717, 1.165) is 22.3 Å². The second-order valence-electron chi connectivity index (χ2n) is 5.66. The van der Waals surface area contributed by atoms with Gasteiger partial charge in [0.2, 0.25) is 0 Å². The Balaban J connectivity index is 1.53. The van der Waals surface area contributed by atoms with Gasteiger partial charge >= 0.3 is 0 Å². The number of carbonyl (C=O) groups is 1. The number of pyridine rings is 1. The van der Waals surface area contributed by atoms with Gasteiger partial charge in [0.05, 0.1) is 17.9 Å². The molecule has 4 rings (SSSR count). The average Bonchev–Trinajstić information content (AvgIpc) is 3.24. The van der Waals surface area contributed by atoms with Crippen LogP contribution in [0.5, 0.6) is 0 Å². The summed E-state index contributed by atoms with van der Waals surface area (Å²) in [5, 5.41) is 15.3. The predicted octanol–water partition coefficient (Wildman–Crippen LogP) is 2.29. The smallest absolute Gasteiger partial charge is 0.269 e. The van der Waals surface area contributed by atoms with Crippen LogP contribution in [0.1, 0.15) is 16.2 Å². The number of H-pyrrole nitrogens is 1. The van der Waals surface area contributed by atoms with Crippen LogP contribution in [0.2, 0.25) is 0 Å². The maximum atomic E-state index is 12.5. The first-order valence-corrected chi connectivity index (χ1v) is 7.88. The van der Waals surface area contributed by atoms with E-state index in [4.69, 9.17) is 0 Å². The molecule has 0 radical (unpaired) electrons. The first-order chi connectivity index (χ1) is 12.2. The number of aromatic amines is 1. The molecule has 3 heterocycles. The zero-order chi connectivity index (χ0) is 17.2. The van der Waals surface area contributed by atoms with Crippen LogP contribution in [-0.2, 0) is 13.6 Å². The number of aryl methyl sites for hydroxylation is 1. The molecule has 124 valence electrons. The summed E-state index contributed by atoms with van der Waals surface area (Å²) in [4.78, 5) is 16.7. The molecule has 25 heavy (non-hydrogen) atoms. The standard InChI is InChI=1S/C18H16N6O/c1-24-16(10-14(23-24)12-6-3-2-4-7-12)18(25)20-11-15-13-8-5-9-19-17(13)22-21-15/h2-10H,11H2,1H3,(H,20,25)(H,19,21,22). The lowest BCUT2D eigenvalue weighted by molar-refractivity contribution is 0.0941. The molecular formula is C18H16N6O. The van der Waals surface area contributed by atoms with Crippen molar-refractivity contribution in [1.82, 2.24) is 30.3 Å². The summed E-state index contributed by atoms with van der Waals surface area (Å²) in [7, 11) is 1.76. The third kappa shape index (κ3) is 2.87. The number of hydrogen-bond donors (Lipinski definition) is 2. The van der Waals surface area contributed by atoms with Crippen molar-refractivity contribution in [3.8, 4) is 11.3 Å². The van der Waals surface area contributed by atoms with Crippen molar-refractivity contribution in [3.05, 3.63) is 66.1 Å².